The van der Waals surface area contributed by atoms with Crippen LogP contribution in [0.4, 0.5) is 0 Å². The first-order valence-corrected chi connectivity index (χ1v) is 7.69. The number of esters is 1. The molecule has 1 aliphatic rings. The van der Waals surface area contributed by atoms with E-state index < -0.39 is 5.54 Å². The Morgan fingerprint density at radius 1 is 1.27 bits per heavy atom. The van der Waals surface area contributed by atoms with E-state index in [1.807, 2.05) is 37.3 Å². The molecular formula is C17H22N2O3. The number of rotatable bonds is 7. The number of nitrogens with one attached hydrogen (secondary N) is 1. The van der Waals surface area contributed by atoms with Gasteiger partial charge in [0.25, 0.3) is 0 Å². The number of amides is 1. The molecule has 1 N–H and O–H groups in total. The van der Waals surface area contributed by atoms with Crippen LogP contribution in [0.5, 0.6) is 0 Å². The molecule has 2 rings (SSSR count). The lowest BCUT2D eigenvalue weighted by atomic mass is 9.91. The summed E-state index contributed by atoms with van der Waals surface area (Å²) in [5.74, 6) is 0.109. The topological polar surface area (TPSA) is 67.8 Å². The molecule has 1 heterocycles. The van der Waals surface area contributed by atoms with E-state index in [-0.39, 0.29) is 11.9 Å². The number of ether oxygens (including phenoxy) is 1. The van der Waals surface area contributed by atoms with Gasteiger partial charge >= 0.3 is 5.97 Å². The Hall–Kier alpha value is -2.17. The number of hydrogen-bond donors (Lipinski definition) is 1. The maximum atomic E-state index is 12.3. The van der Waals surface area contributed by atoms with Crippen LogP contribution < -0.4 is 5.32 Å². The second-order valence-electron chi connectivity index (χ2n) is 5.50. The fraction of sp³-hybridized carbons (Fsp3) is 0.471. The third-order valence-corrected chi connectivity index (χ3v) is 3.88. The van der Waals surface area contributed by atoms with E-state index in [0.717, 1.165) is 18.4 Å². The number of hydrogen-bond acceptors (Lipinski definition) is 4. The van der Waals surface area contributed by atoms with Crippen LogP contribution >= 0.6 is 0 Å². The Labute approximate surface area is 130 Å². The minimum atomic E-state index is -0.776. The van der Waals surface area contributed by atoms with Crippen molar-refractivity contribution in [3.8, 4) is 0 Å². The van der Waals surface area contributed by atoms with Crippen LogP contribution in [0.2, 0.25) is 0 Å². The van der Waals surface area contributed by atoms with Crippen molar-refractivity contribution in [2.75, 3.05) is 6.54 Å². The molecule has 1 unspecified atom stereocenters. The van der Waals surface area contributed by atoms with Gasteiger partial charge in [0.05, 0.1) is 0 Å². The number of aliphatic imine (C=N–C) groups is 1. The molecule has 0 bridgehead atoms. The molecule has 0 fully saturated rings. The number of nitrogens with zero attached hydrogens (tertiary/aromatic N) is 1. The van der Waals surface area contributed by atoms with E-state index in [4.69, 9.17) is 4.74 Å². The molecule has 0 aromatic heterocycles. The molecule has 0 radical (unpaired) electrons. The van der Waals surface area contributed by atoms with Crippen molar-refractivity contribution in [3.05, 3.63) is 35.9 Å². The molecule has 1 amide bonds. The predicted molar refractivity (Wildman–Crippen MR) is 84.6 cm³/mol. The Morgan fingerprint density at radius 2 is 2.00 bits per heavy atom. The van der Waals surface area contributed by atoms with Crippen molar-refractivity contribution >= 4 is 17.8 Å². The van der Waals surface area contributed by atoms with Crippen LogP contribution in [0.3, 0.4) is 0 Å². The van der Waals surface area contributed by atoms with Gasteiger partial charge in [-0.25, -0.2) is 9.79 Å². The minimum absolute atomic E-state index is 0.0325. The molecule has 5 nitrogen and oxygen atoms in total. The molecule has 1 aliphatic heterocycles. The summed E-state index contributed by atoms with van der Waals surface area (Å²) in [5, 5.41) is 2.76. The smallest absolute Gasteiger partial charge is 0.340 e. The number of cyclic esters (lactones) is 1. The first-order valence-electron chi connectivity index (χ1n) is 7.69. The Bertz CT molecular complexity index is 569. The molecule has 118 valence electrons. The fourth-order valence-corrected chi connectivity index (χ4v) is 2.51. The molecule has 0 saturated heterocycles. The Balaban J connectivity index is 2.00. The van der Waals surface area contributed by atoms with Crippen LogP contribution in [0.15, 0.2) is 35.3 Å². The number of carbonyl (C=O) groups is 2. The summed E-state index contributed by atoms with van der Waals surface area (Å²) in [4.78, 5) is 27.7. The van der Waals surface area contributed by atoms with Crippen molar-refractivity contribution < 1.29 is 14.3 Å². The van der Waals surface area contributed by atoms with Gasteiger partial charge in [-0.05, 0) is 37.8 Å². The van der Waals surface area contributed by atoms with Gasteiger partial charge < -0.3 is 10.1 Å². The highest BCUT2D eigenvalue weighted by Crippen LogP contribution is 2.31. The monoisotopic (exact) mass is 302 g/mol. The van der Waals surface area contributed by atoms with Crippen molar-refractivity contribution in [2.24, 2.45) is 4.99 Å². The van der Waals surface area contributed by atoms with Crippen LogP contribution in [-0.2, 0) is 14.3 Å². The van der Waals surface area contributed by atoms with Crippen molar-refractivity contribution in [2.45, 2.75) is 45.1 Å². The van der Waals surface area contributed by atoms with E-state index >= 15 is 0 Å². The normalized spacial score (nSPS) is 20.5. The van der Waals surface area contributed by atoms with Crippen LogP contribution in [0, 0.1) is 0 Å². The molecule has 0 spiro atoms. The van der Waals surface area contributed by atoms with E-state index in [1.54, 1.807) is 0 Å². The summed E-state index contributed by atoms with van der Waals surface area (Å²) < 4.78 is 5.39. The van der Waals surface area contributed by atoms with Gasteiger partial charge in [0.1, 0.15) is 0 Å². The zero-order chi connectivity index (χ0) is 16.0. The highest BCUT2D eigenvalue weighted by molar-refractivity contribution is 6.07. The zero-order valence-corrected chi connectivity index (χ0v) is 13.1. The average molecular weight is 302 g/mol. The van der Waals surface area contributed by atoms with Gasteiger partial charge in [0.15, 0.2) is 5.54 Å². The fourth-order valence-electron chi connectivity index (χ4n) is 2.51. The summed E-state index contributed by atoms with van der Waals surface area (Å²) in [7, 11) is 0. The standard InChI is InChI=1S/C17H22N2O3/c1-3-17(11-7-8-12-18-13(2)20)16(21)22-15(19-17)14-9-5-4-6-10-14/h4-6,9-10H,3,7-8,11-12H2,1-2H3,(H,18,20). The van der Waals surface area contributed by atoms with Crippen molar-refractivity contribution in [3.63, 3.8) is 0 Å². The van der Waals surface area contributed by atoms with Gasteiger partial charge in [-0.15, -0.1) is 0 Å². The highest BCUT2D eigenvalue weighted by atomic mass is 16.6. The van der Waals surface area contributed by atoms with Crippen LogP contribution in [-0.4, -0.2) is 29.9 Å². The van der Waals surface area contributed by atoms with Gasteiger partial charge in [0.2, 0.25) is 11.8 Å². The number of benzene rings is 1. The second kappa shape index (κ2) is 7.20. The molecule has 5 heteroatoms. The van der Waals surface area contributed by atoms with Crippen LogP contribution in [0.1, 0.15) is 45.1 Å². The summed E-state index contributed by atoms with van der Waals surface area (Å²) in [5.41, 5.74) is 0.0471. The summed E-state index contributed by atoms with van der Waals surface area (Å²) in [6.45, 7) is 4.07. The van der Waals surface area contributed by atoms with Gasteiger partial charge in [-0.3, -0.25) is 4.79 Å². The third kappa shape index (κ3) is 3.72. The zero-order valence-electron chi connectivity index (χ0n) is 13.1. The average Bonchev–Trinajstić information content (AvgIpc) is 2.85. The lowest BCUT2D eigenvalue weighted by Gasteiger charge is -2.19. The second-order valence-corrected chi connectivity index (χ2v) is 5.50. The number of carbonyl (C=O) groups excluding carboxylic acids is 2. The van der Waals surface area contributed by atoms with Gasteiger partial charge in [-0.1, -0.05) is 25.1 Å². The molecule has 0 aliphatic carbocycles. The van der Waals surface area contributed by atoms with E-state index in [0.29, 0.717) is 25.3 Å². The quantitative estimate of drug-likeness (QED) is 0.621. The first-order chi connectivity index (χ1) is 10.6. The molecule has 0 saturated carbocycles. The molecular weight excluding hydrogens is 280 g/mol. The lowest BCUT2D eigenvalue weighted by molar-refractivity contribution is -0.139. The summed E-state index contributed by atoms with van der Waals surface area (Å²) >= 11 is 0. The third-order valence-electron chi connectivity index (χ3n) is 3.88. The summed E-state index contributed by atoms with van der Waals surface area (Å²) in [6.07, 6.45) is 2.89. The Kier molecular flexibility index (Phi) is 5.31. The number of unbranched alkanes of at least 4 members (excludes halogenated alkanes) is 1. The van der Waals surface area contributed by atoms with Crippen molar-refractivity contribution in [1.82, 2.24) is 5.32 Å². The minimum Gasteiger partial charge on any atom is -0.405 e. The van der Waals surface area contributed by atoms with Gasteiger partial charge in [-0.2, -0.15) is 0 Å². The van der Waals surface area contributed by atoms with Crippen molar-refractivity contribution in [1.29, 1.82) is 0 Å². The molecule has 1 aromatic rings. The Morgan fingerprint density at radius 3 is 2.64 bits per heavy atom. The predicted octanol–water partition coefficient (Wildman–Crippen LogP) is 2.45. The maximum absolute atomic E-state index is 12.3. The highest BCUT2D eigenvalue weighted by Gasteiger charge is 2.44. The largest absolute Gasteiger partial charge is 0.405 e. The SMILES string of the molecule is CCC1(CCCCNC(C)=O)N=C(c2ccccc2)OC1=O. The van der Waals surface area contributed by atoms with E-state index in [9.17, 15) is 9.59 Å². The van der Waals surface area contributed by atoms with Gasteiger partial charge in [0, 0.05) is 19.0 Å². The summed E-state index contributed by atoms with van der Waals surface area (Å²) in [6, 6.07) is 9.47. The first kappa shape index (κ1) is 16.2. The lowest BCUT2D eigenvalue weighted by Crippen LogP contribution is -2.33. The van der Waals surface area contributed by atoms with E-state index in [1.165, 1.54) is 6.92 Å². The van der Waals surface area contributed by atoms with Crippen LogP contribution in [0.25, 0.3) is 0 Å². The van der Waals surface area contributed by atoms with E-state index in [2.05, 4.69) is 10.3 Å². The maximum Gasteiger partial charge on any atom is 0.340 e. The molecule has 22 heavy (non-hydrogen) atoms. The molecule has 1 aromatic carbocycles. The molecule has 1 atom stereocenters.